The van der Waals surface area contributed by atoms with Crippen LogP contribution < -0.4 is 14.2 Å². The van der Waals surface area contributed by atoms with Gasteiger partial charge >= 0.3 is 11.9 Å². The number of halogens is 1. The van der Waals surface area contributed by atoms with Crippen molar-refractivity contribution in [1.29, 1.82) is 0 Å². The van der Waals surface area contributed by atoms with Crippen molar-refractivity contribution < 1.29 is 23.8 Å². The van der Waals surface area contributed by atoms with E-state index in [9.17, 15) is 9.59 Å². The highest BCUT2D eigenvalue weighted by Crippen LogP contribution is 2.22. The molecule has 0 heterocycles. The summed E-state index contributed by atoms with van der Waals surface area (Å²) in [6.07, 6.45) is 0.781. The normalized spacial score (nSPS) is 12.8. The molecule has 0 amide bonds. The van der Waals surface area contributed by atoms with Crippen molar-refractivity contribution in [1.82, 2.24) is 0 Å². The number of hydrogen-bond acceptors (Lipinski definition) is 5. The van der Waals surface area contributed by atoms with Crippen molar-refractivity contribution >= 4 is 23.5 Å². The van der Waals surface area contributed by atoms with Crippen molar-refractivity contribution in [3.05, 3.63) is 54.1 Å². The summed E-state index contributed by atoms with van der Waals surface area (Å²) in [6, 6.07) is 12.8. The van der Waals surface area contributed by atoms with E-state index in [0.717, 1.165) is 6.42 Å². The molecule has 2 aromatic rings. The minimum atomic E-state index is -0.701. The maximum Gasteiger partial charge on any atom is 0.343 e. The summed E-state index contributed by atoms with van der Waals surface area (Å²) in [6.45, 7) is 3.85. The first-order valence-electron chi connectivity index (χ1n) is 8.26. The third-order valence-electron chi connectivity index (χ3n) is 3.95. The number of hydrogen-bond donors (Lipinski definition) is 0. The van der Waals surface area contributed by atoms with Gasteiger partial charge in [-0.15, -0.1) is 11.6 Å². The first-order chi connectivity index (χ1) is 12.4. The van der Waals surface area contributed by atoms with Gasteiger partial charge in [0.1, 0.15) is 22.6 Å². The van der Waals surface area contributed by atoms with Crippen molar-refractivity contribution in [2.24, 2.45) is 5.92 Å². The maximum absolute atomic E-state index is 12.1. The van der Waals surface area contributed by atoms with Crippen LogP contribution in [0.3, 0.4) is 0 Å². The Kier molecular flexibility index (Phi) is 7.04. The molecule has 0 bridgehead atoms. The Hall–Kier alpha value is -2.53. The van der Waals surface area contributed by atoms with E-state index >= 15 is 0 Å². The summed E-state index contributed by atoms with van der Waals surface area (Å²) in [4.78, 5) is 24.1. The predicted octanol–water partition coefficient (Wildman–Crippen LogP) is 4.47. The van der Waals surface area contributed by atoms with Crippen LogP contribution in [0, 0.1) is 5.92 Å². The van der Waals surface area contributed by atoms with Crippen LogP contribution in [0.15, 0.2) is 48.5 Å². The molecule has 2 unspecified atom stereocenters. The van der Waals surface area contributed by atoms with Gasteiger partial charge in [-0.2, -0.15) is 0 Å². The van der Waals surface area contributed by atoms with Gasteiger partial charge < -0.3 is 14.2 Å². The minimum absolute atomic E-state index is 0.0221. The fourth-order valence-electron chi connectivity index (χ4n) is 2.08. The minimum Gasteiger partial charge on any atom is -0.497 e. The third kappa shape index (κ3) is 5.23. The van der Waals surface area contributed by atoms with E-state index in [0.29, 0.717) is 22.8 Å². The molecule has 0 aromatic heterocycles. The smallest absolute Gasteiger partial charge is 0.343 e. The number of alkyl halides is 1. The maximum atomic E-state index is 12.1. The van der Waals surface area contributed by atoms with Gasteiger partial charge in [0.2, 0.25) is 0 Å². The van der Waals surface area contributed by atoms with Gasteiger partial charge in [0, 0.05) is 0 Å². The van der Waals surface area contributed by atoms with Gasteiger partial charge in [-0.3, -0.25) is 4.79 Å². The van der Waals surface area contributed by atoms with Crippen LogP contribution in [-0.2, 0) is 4.79 Å². The van der Waals surface area contributed by atoms with E-state index in [-0.39, 0.29) is 5.92 Å². The molecular formula is C20H21ClO5. The van der Waals surface area contributed by atoms with Crippen molar-refractivity contribution in [3.8, 4) is 17.2 Å². The topological polar surface area (TPSA) is 61.8 Å². The van der Waals surface area contributed by atoms with Crippen LogP contribution in [0.4, 0.5) is 0 Å². The average Bonchev–Trinajstić information content (AvgIpc) is 2.68. The highest BCUT2D eigenvalue weighted by molar-refractivity contribution is 6.30. The molecule has 2 rings (SSSR count). The van der Waals surface area contributed by atoms with E-state index in [2.05, 4.69) is 0 Å². The van der Waals surface area contributed by atoms with E-state index in [4.69, 9.17) is 25.8 Å². The SMILES string of the molecule is CCC(C)C(Cl)C(=O)Oc1ccc(OC(=O)c2ccc(OC)cc2)cc1. The number of rotatable bonds is 7. The summed E-state index contributed by atoms with van der Waals surface area (Å²) in [5.41, 5.74) is 0.403. The van der Waals surface area contributed by atoms with Crippen molar-refractivity contribution in [3.63, 3.8) is 0 Å². The molecule has 0 fully saturated rings. The molecule has 2 aromatic carbocycles. The lowest BCUT2D eigenvalue weighted by atomic mass is 10.1. The Morgan fingerprint density at radius 3 is 1.92 bits per heavy atom. The molecule has 0 aliphatic rings. The number of carbonyl (C=O) groups excluding carboxylic acids is 2. The summed E-state index contributed by atoms with van der Waals surface area (Å²) in [5.74, 6) is 0.374. The van der Waals surface area contributed by atoms with E-state index in [1.54, 1.807) is 55.6 Å². The molecule has 0 aliphatic heterocycles. The van der Waals surface area contributed by atoms with Gasteiger partial charge in [0.15, 0.2) is 0 Å². The molecule has 0 spiro atoms. The first-order valence-corrected chi connectivity index (χ1v) is 8.70. The summed E-state index contributed by atoms with van der Waals surface area (Å²) >= 11 is 6.07. The Bertz CT molecular complexity index is 740. The lowest BCUT2D eigenvalue weighted by Crippen LogP contribution is -2.26. The number of carbonyl (C=O) groups is 2. The van der Waals surface area contributed by atoms with Crippen LogP contribution in [0.5, 0.6) is 17.2 Å². The Morgan fingerprint density at radius 1 is 0.923 bits per heavy atom. The Balaban J connectivity index is 1.96. The van der Waals surface area contributed by atoms with Crippen molar-refractivity contribution in [2.45, 2.75) is 25.6 Å². The second-order valence-electron chi connectivity index (χ2n) is 5.80. The lowest BCUT2D eigenvalue weighted by Gasteiger charge is -2.14. The quantitative estimate of drug-likeness (QED) is 0.405. The van der Waals surface area contributed by atoms with E-state index in [1.165, 1.54) is 0 Å². The number of ether oxygens (including phenoxy) is 3. The van der Waals surface area contributed by atoms with Gasteiger partial charge in [-0.25, -0.2) is 4.79 Å². The highest BCUT2D eigenvalue weighted by Gasteiger charge is 2.23. The highest BCUT2D eigenvalue weighted by atomic mass is 35.5. The first kappa shape index (κ1) is 19.8. The monoisotopic (exact) mass is 376 g/mol. The molecule has 26 heavy (non-hydrogen) atoms. The second kappa shape index (κ2) is 9.25. The fraction of sp³-hybridized carbons (Fsp3) is 0.300. The van der Waals surface area contributed by atoms with Crippen LogP contribution in [0.1, 0.15) is 30.6 Å². The molecule has 0 saturated heterocycles. The van der Waals surface area contributed by atoms with Crippen LogP contribution in [-0.4, -0.2) is 24.4 Å². The van der Waals surface area contributed by atoms with Gasteiger partial charge in [-0.05, 0) is 54.4 Å². The Morgan fingerprint density at radius 2 is 1.42 bits per heavy atom. The van der Waals surface area contributed by atoms with Gasteiger partial charge in [-0.1, -0.05) is 20.3 Å². The standard InChI is InChI=1S/C20H21ClO5/c1-4-13(2)18(21)20(23)26-17-11-9-16(10-12-17)25-19(22)14-5-7-15(24-3)8-6-14/h5-13,18H,4H2,1-3H3. The molecule has 0 aliphatic carbocycles. The van der Waals surface area contributed by atoms with Crippen LogP contribution in [0.2, 0.25) is 0 Å². The predicted molar refractivity (Wildman–Crippen MR) is 99.1 cm³/mol. The molecule has 0 N–H and O–H groups in total. The molecule has 0 radical (unpaired) electrons. The van der Waals surface area contributed by atoms with E-state index in [1.807, 2.05) is 13.8 Å². The average molecular weight is 377 g/mol. The van der Waals surface area contributed by atoms with Crippen molar-refractivity contribution in [2.75, 3.05) is 7.11 Å². The molecule has 2 atom stereocenters. The number of esters is 2. The zero-order valence-corrected chi connectivity index (χ0v) is 15.7. The summed E-state index contributed by atoms with van der Waals surface area (Å²) < 4.78 is 15.6. The van der Waals surface area contributed by atoms with Crippen LogP contribution in [0.25, 0.3) is 0 Å². The lowest BCUT2D eigenvalue weighted by molar-refractivity contribution is -0.134. The summed E-state index contributed by atoms with van der Waals surface area (Å²) in [7, 11) is 1.55. The molecule has 5 nitrogen and oxygen atoms in total. The molecular weight excluding hydrogens is 356 g/mol. The zero-order chi connectivity index (χ0) is 19.1. The van der Waals surface area contributed by atoms with Crippen LogP contribution >= 0.6 is 11.6 Å². The number of benzene rings is 2. The summed E-state index contributed by atoms with van der Waals surface area (Å²) in [5, 5.41) is -0.701. The largest absolute Gasteiger partial charge is 0.497 e. The molecule has 138 valence electrons. The zero-order valence-electron chi connectivity index (χ0n) is 14.9. The number of methoxy groups -OCH3 is 1. The molecule has 0 saturated carbocycles. The fourth-order valence-corrected chi connectivity index (χ4v) is 2.30. The third-order valence-corrected chi connectivity index (χ3v) is 4.56. The van der Waals surface area contributed by atoms with E-state index < -0.39 is 17.3 Å². The second-order valence-corrected chi connectivity index (χ2v) is 6.27. The van der Waals surface area contributed by atoms with Gasteiger partial charge in [0.05, 0.1) is 12.7 Å². The Labute approximate surface area is 157 Å². The molecule has 6 heteroatoms. The van der Waals surface area contributed by atoms with Gasteiger partial charge in [0.25, 0.3) is 0 Å².